The van der Waals surface area contributed by atoms with Crippen molar-refractivity contribution < 1.29 is 0 Å². The molecule has 0 bridgehead atoms. The van der Waals surface area contributed by atoms with Crippen LogP contribution in [-0.4, -0.2) is 18.2 Å². The molecule has 0 atom stereocenters. The normalized spacial score (nSPS) is 16.9. The molecular weight excluding hydrogens is 128 g/mol. The second kappa shape index (κ2) is 3.10. The van der Waals surface area contributed by atoms with Gasteiger partial charge in [-0.05, 0) is 12.2 Å². The van der Waals surface area contributed by atoms with Crippen molar-refractivity contribution in [2.75, 3.05) is 13.1 Å². The van der Waals surface area contributed by atoms with Gasteiger partial charge in [-0.3, -0.25) is 0 Å². The van der Waals surface area contributed by atoms with E-state index in [1.165, 1.54) is 0 Å². The molecule has 1 fully saturated rings. The molecule has 4 heteroatoms. The molecule has 0 aromatic heterocycles. The molecule has 1 rings (SSSR count). The Bertz CT molecular complexity index is 65.3. The fourth-order valence-electron chi connectivity index (χ4n) is 0.415. The molecule has 0 spiro atoms. The number of rotatable bonds is 0. The van der Waals surface area contributed by atoms with Crippen LogP contribution < -0.4 is 10.6 Å². The monoisotopic (exact) mass is 136 g/mol. The summed E-state index contributed by atoms with van der Waals surface area (Å²) in [6, 6.07) is 0. The van der Waals surface area contributed by atoms with Gasteiger partial charge in [0.15, 0.2) is 5.11 Å². The molecule has 2 nitrogen and oxygen atoms in total. The van der Waals surface area contributed by atoms with Crippen LogP contribution in [0.3, 0.4) is 0 Å². The van der Waals surface area contributed by atoms with E-state index in [-0.39, 0.29) is 13.5 Å². The van der Waals surface area contributed by atoms with Gasteiger partial charge in [-0.1, -0.05) is 0 Å². The van der Waals surface area contributed by atoms with Crippen molar-refractivity contribution >= 4 is 30.8 Å². The largest absolute Gasteiger partial charge is 0.361 e. The van der Waals surface area contributed by atoms with Gasteiger partial charge in [-0.2, -0.15) is 13.5 Å². The van der Waals surface area contributed by atoms with Gasteiger partial charge in [0, 0.05) is 13.1 Å². The van der Waals surface area contributed by atoms with Gasteiger partial charge in [0.1, 0.15) is 0 Å². The van der Waals surface area contributed by atoms with Crippen molar-refractivity contribution in [3.8, 4) is 0 Å². The zero-order valence-electron chi connectivity index (χ0n) is 3.82. The van der Waals surface area contributed by atoms with E-state index in [9.17, 15) is 0 Å². The molecular formula is C3H8N2S2. The maximum atomic E-state index is 4.70. The third-order valence-electron chi connectivity index (χ3n) is 0.696. The minimum Gasteiger partial charge on any atom is -0.361 e. The maximum absolute atomic E-state index is 4.70. The van der Waals surface area contributed by atoms with E-state index in [0.717, 1.165) is 18.2 Å². The molecule has 1 aliphatic rings. The summed E-state index contributed by atoms with van der Waals surface area (Å²) in [6.45, 7) is 1.97. The van der Waals surface area contributed by atoms with E-state index in [0.29, 0.717) is 0 Å². The first-order valence-corrected chi connectivity index (χ1v) is 2.32. The highest BCUT2D eigenvalue weighted by molar-refractivity contribution is 7.80. The lowest BCUT2D eigenvalue weighted by molar-refractivity contribution is 0.942. The zero-order valence-corrected chi connectivity index (χ0v) is 5.64. The lowest BCUT2D eigenvalue weighted by atomic mass is 10.7. The first-order chi connectivity index (χ1) is 2.89. The van der Waals surface area contributed by atoms with Crippen LogP contribution in [0.15, 0.2) is 0 Å². The predicted octanol–water partition coefficient (Wildman–Crippen LogP) is -0.423. The third kappa shape index (κ3) is 1.99. The molecule has 42 valence electrons. The lowest BCUT2D eigenvalue weighted by Crippen LogP contribution is -2.19. The maximum Gasteiger partial charge on any atom is 0.166 e. The quantitative estimate of drug-likeness (QED) is 0.442. The average molecular weight is 136 g/mol. The van der Waals surface area contributed by atoms with E-state index in [4.69, 9.17) is 12.2 Å². The Morgan fingerprint density at radius 3 is 1.86 bits per heavy atom. The molecule has 0 saturated carbocycles. The van der Waals surface area contributed by atoms with Crippen LogP contribution in [0, 0.1) is 0 Å². The van der Waals surface area contributed by atoms with Gasteiger partial charge < -0.3 is 10.6 Å². The Hall–Kier alpha value is 0.0400. The highest BCUT2D eigenvalue weighted by Gasteiger charge is 1.98. The average Bonchev–Trinajstić information content (AvgIpc) is 1.86. The standard InChI is InChI=1S/C3H6N2S.H2S/c6-3-4-1-2-5-3;/h1-2H2,(H2,4,5,6);1H2. The van der Waals surface area contributed by atoms with E-state index in [2.05, 4.69) is 10.6 Å². The Balaban J connectivity index is 0.000000360. The van der Waals surface area contributed by atoms with E-state index in [1.807, 2.05) is 0 Å². The number of hydrogen-bond acceptors (Lipinski definition) is 1. The lowest BCUT2D eigenvalue weighted by Gasteiger charge is -1.85. The van der Waals surface area contributed by atoms with Crippen LogP contribution in [0.25, 0.3) is 0 Å². The molecule has 0 aromatic carbocycles. The number of thiocarbonyl (C=S) groups is 1. The Labute approximate surface area is 55.1 Å². The summed E-state index contributed by atoms with van der Waals surface area (Å²) in [5, 5.41) is 6.67. The summed E-state index contributed by atoms with van der Waals surface area (Å²) in [4.78, 5) is 0. The predicted molar refractivity (Wildman–Crippen MR) is 39.0 cm³/mol. The molecule has 1 aliphatic heterocycles. The fourth-order valence-corrected chi connectivity index (χ4v) is 0.619. The second-order valence-corrected chi connectivity index (χ2v) is 1.59. The van der Waals surface area contributed by atoms with Gasteiger partial charge in [-0.25, -0.2) is 0 Å². The van der Waals surface area contributed by atoms with Gasteiger partial charge in [0.2, 0.25) is 0 Å². The van der Waals surface area contributed by atoms with Gasteiger partial charge in [0.25, 0.3) is 0 Å². The highest BCUT2D eigenvalue weighted by atomic mass is 32.1. The highest BCUT2D eigenvalue weighted by Crippen LogP contribution is 1.71. The van der Waals surface area contributed by atoms with Crippen LogP contribution in [0.2, 0.25) is 0 Å². The SMILES string of the molecule is S.S=C1NCCN1. The molecule has 0 aromatic rings. The van der Waals surface area contributed by atoms with Gasteiger partial charge >= 0.3 is 0 Å². The molecule has 0 unspecified atom stereocenters. The molecule has 0 aliphatic carbocycles. The van der Waals surface area contributed by atoms with Crippen LogP contribution in [0.1, 0.15) is 0 Å². The van der Waals surface area contributed by atoms with Crippen molar-refractivity contribution in [2.45, 2.75) is 0 Å². The summed E-state index contributed by atoms with van der Waals surface area (Å²) < 4.78 is 0. The van der Waals surface area contributed by atoms with Crippen LogP contribution in [0.4, 0.5) is 0 Å². The van der Waals surface area contributed by atoms with Crippen molar-refractivity contribution in [3.63, 3.8) is 0 Å². The smallest absolute Gasteiger partial charge is 0.166 e. The Morgan fingerprint density at radius 2 is 1.71 bits per heavy atom. The summed E-state index contributed by atoms with van der Waals surface area (Å²) in [7, 11) is 0. The molecule has 1 saturated heterocycles. The number of nitrogens with one attached hydrogen (secondary N) is 2. The molecule has 1 heterocycles. The van der Waals surface area contributed by atoms with Crippen LogP contribution >= 0.6 is 25.7 Å². The van der Waals surface area contributed by atoms with Crippen LogP contribution in [0.5, 0.6) is 0 Å². The van der Waals surface area contributed by atoms with Crippen molar-refractivity contribution in [3.05, 3.63) is 0 Å². The summed E-state index contributed by atoms with van der Waals surface area (Å²) in [6.07, 6.45) is 0. The molecule has 7 heavy (non-hydrogen) atoms. The zero-order chi connectivity index (χ0) is 4.41. The summed E-state index contributed by atoms with van der Waals surface area (Å²) >= 11 is 4.70. The van der Waals surface area contributed by atoms with Gasteiger partial charge in [-0.15, -0.1) is 0 Å². The van der Waals surface area contributed by atoms with Crippen molar-refractivity contribution in [1.82, 2.24) is 10.6 Å². The molecule has 2 N–H and O–H groups in total. The Kier molecular flexibility index (Phi) is 3.11. The number of hydrogen-bond donors (Lipinski definition) is 2. The van der Waals surface area contributed by atoms with Crippen molar-refractivity contribution in [1.29, 1.82) is 0 Å². The minimum absolute atomic E-state index is 0. The van der Waals surface area contributed by atoms with Crippen molar-refractivity contribution in [2.24, 2.45) is 0 Å². The second-order valence-electron chi connectivity index (χ2n) is 1.18. The first-order valence-electron chi connectivity index (χ1n) is 1.91. The third-order valence-corrected chi connectivity index (χ3v) is 0.985. The minimum atomic E-state index is 0. The Morgan fingerprint density at radius 1 is 1.29 bits per heavy atom. The molecule has 0 radical (unpaired) electrons. The fraction of sp³-hybridized carbons (Fsp3) is 0.667. The van der Waals surface area contributed by atoms with E-state index >= 15 is 0 Å². The summed E-state index contributed by atoms with van der Waals surface area (Å²) in [5.74, 6) is 0. The first kappa shape index (κ1) is 7.04. The molecule has 0 amide bonds. The van der Waals surface area contributed by atoms with E-state index < -0.39 is 0 Å². The topological polar surface area (TPSA) is 24.1 Å². The van der Waals surface area contributed by atoms with Crippen LogP contribution in [-0.2, 0) is 0 Å². The summed E-state index contributed by atoms with van der Waals surface area (Å²) in [5.41, 5.74) is 0. The van der Waals surface area contributed by atoms with E-state index in [1.54, 1.807) is 0 Å². The van der Waals surface area contributed by atoms with Gasteiger partial charge in [0.05, 0.1) is 0 Å².